The third kappa shape index (κ3) is 1.82. The van der Waals surface area contributed by atoms with Crippen LogP contribution < -0.4 is 0 Å². The Hall–Kier alpha value is -1.84. The van der Waals surface area contributed by atoms with E-state index in [1.807, 2.05) is 26.0 Å². The van der Waals surface area contributed by atoms with Crippen molar-refractivity contribution in [3.05, 3.63) is 33.7 Å². The lowest BCUT2D eigenvalue weighted by Crippen LogP contribution is -1.85. The van der Waals surface area contributed by atoms with Gasteiger partial charge in [-0.2, -0.15) is 0 Å². The highest BCUT2D eigenvalue weighted by molar-refractivity contribution is 9.10. The van der Waals surface area contributed by atoms with Gasteiger partial charge in [0.25, 0.3) is 0 Å². The summed E-state index contributed by atoms with van der Waals surface area (Å²) in [7, 11) is 0. The number of hydrogen-bond acceptors (Lipinski definition) is 4. The first-order valence-corrected chi connectivity index (χ1v) is 6.55. The van der Waals surface area contributed by atoms with E-state index in [0.29, 0.717) is 0 Å². The molecule has 0 aliphatic heterocycles. The molecule has 4 nitrogen and oxygen atoms in total. The lowest BCUT2D eigenvalue weighted by atomic mass is 10.1. The zero-order valence-electron chi connectivity index (χ0n) is 10.4. The monoisotopic (exact) mass is 319 g/mol. The first-order chi connectivity index (χ1) is 9.11. The number of hydrogen-bond donors (Lipinski definition) is 0. The Bertz CT molecular complexity index is 780. The van der Waals surface area contributed by atoms with Crippen LogP contribution in [0.5, 0.6) is 0 Å². The lowest BCUT2D eigenvalue weighted by molar-refractivity contribution is 0.561. The van der Waals surface area contributed by atoms with E-state index in [2.05, 4.69) is 20.9 Å². The Balaban J connectivity index is 2.50. The summed E-state index contributed by atoms with van der Waals surface area (Å²) >= 11 is 3.55. The highest BCUT2D eigenvalue weighted by Gasteiger charge is 2.19. The van der Waals surface area contributed by atoms with Crippen molar-refractivity contribution < 1.29 is 13.6 Å². The number of aryl methyl sites for hydroxylation is 2. The molecule has 0 spiro atoms. The van der Waals surface area contributed by atoms with E-state index in [-0.39, 0.29) is 6.54 Å². The van der Waals surface area contributed by atoms with Crippen LogP contribution in [0.25, 0.3) is 21.9 Å². The van der Waals surface area contributed by atoms with Crippen molar-refractivity contribution in [2.24, 2.45) is 4.99 Å². The van der Waals surface area contributed by atoms with Crippen LogP contribution in [0.3, 0.4) is 0 Å². The average molecular weight is 320 g/mol. The molecule has 0 N–H and O–H groups in total. The van der Waals surface area contributed by atoms with E-state index in [9.17, 15) is 4.79 Å². The molecule has 0 radical (unpaired) electrons. The van der Waals surface area contributed by atoms with Gasteiger partial charge in [-0.1, -0.05) is 0 Å². The van der Waals surface area contributed by atoms with Gasteiger partial charge in [0.1, 0.15) is 22.7 Å². The zero-order chi connectivity index (χ0) is 13.6. The van der Waals surface area contributed by atoms with Crippen molar-refractivity contribution >= 4 is 43.9 Å². The molecule has 2 heterocycles. The number of benzene rings is 1. The predicted molar refractivity (Wildman–Crippen MR) is 75.0 cm³/mol. The molecule has 0 saturated carbocycles. The van der Waals surface area contributed by atoms with Crippen molar-refractivity contribution in [2.75, 3.05) is 0 Å². The number of rotatable bonds is 2. The fraction of sp³-hybridized carbons (Fsp3) is 0.214. The minimum absolute atomic E-state index is 0.232. The van der Waals surface area contributed by atoms with Gasteiger partial charge in [0.2, 0.25) is 6.08 Å². The van der Waals surface area contributed by atoms with Gasteiger partial charge in [0, 0.05) is 16.3 Å². The summed E-state index contributed by atoms with van der Waals surface area (Å²) in [5.74, 6) is 1.60. The second kappa shape index (κ2) is 4.37. The molecule has 96 valence electrons. The number of nitrogens with zero attached hydrogens (tertiary/aromatic N) is 1. The molecule has 2 aromatic heterocycles. The Morgan fingerprint density at radius 3 is 2.47 bits per heavy atom. The SMILES string of the molecule is Cc1cc2c(CN=C=O)c3oc(C)cc3c(Br)c2o1. The molecule has 1 aromatic carbocycles. The molecule has 3 aromatic rings. The molecular weight excluding hydrogens is 310 g/mol. The molecular formula is C14H10BrNO3. The molecule has 19 heavy (non-hydrogen) atoms. The fourth-order valence-electron chi connectivity index (χ4n) is 2.32. The van der Waals surface area contributed by atoms with Crippen molar-refractivity contribution in [3.63, 3.8) is 0 Å². The summed E-state index contributed by atoms with van der Waals surface area (Å²) in [4.78, 5) is 14.0. The first kappa shape index (κ1) is 12.2. The summed E-state index contributed by atoms with van der Waals surface area (Å²) in [5, 5.41) is 1.83. The van der Waals surface area contributed by atoms with Gasteiger partial charge in [-0.15, -0.1) is 0 Å². The quantitative estimate of drug-likeness (QED) is 0.519. The van der Waals surface area contributed by atoms with Gasteiger partial charge in [-0.3, -0.25) is 0 Å². The number of furan rings is 2. The number of aliphatic imine (C=N–C) groups is 1. The minimum atomic E-state index is 0.232. The van der Waals surface area contributed by atoms with Crippen LogP contribution in [0.15, 0.2) is 30.4 Å². The Morgan fingerprint density at radius 2 is 1.79 bits per heavy atom. The summed E-state index contributed by atoms with van der Waals surface area (Å²) in [5.41, 5.74) is 2.33. The maximum Gasteiger partial charge on any atom is 0.235 e. The second-order valence-corrected chi connectivity index (χ2v) is 5.19. The van der Waals surface area contributed by atoms with Crippen LogP contribution in [0.4, 0.5) is 0 Å². The molecule has 0 fully saturated rings. The van der Waals surface area contributed by atoms with Gasteiger partial charge in [0.15, 0.2) is 0 Å². The molecule has 0 bridgehead atoms. The molecule has 0 aliphatic carbocycles. The van der Waals surface area contributed by atoms with E-state index in [1.165, 1.54) is 0 Å². The summed E-state index contributed by atoms with van der Waals surface area (Å²) in [6.45, 7) is 3.99. The first-order valence-electron chi connectivity index (χ1n) is 5.76. The van der Waals surface area contributed by atoms with E-state index >= 15 is 0 Å². The topological polar surface area (TPSA) is 55.7 Å². The second-order valence-electron chi connectivity index (χ2n) is 4.40. The van der Waals surface area contributed by atoms with Gasteiger partial charge >= 0.3 is 0 Å². The third-order valence-corrected chi connectivity index (χ3v) is 3.83. The Kier molecular flexibility index (Phi) is 2.81. The largest absolute Gasteiger partial charge is 0.461 e. The maximum absolute atomic E-state index is 10.4. The smallest absolute Gasteiger partial charge is 0.235 e. The fourth-order valence-corrected chi connectivity index (χ4v) is 2.90. The van der Waals surface area contributed by atoms with Crippen LogP contribution in [0.2, 0.25) is 0 Å². The number of fused-ring (bicyclic) bond motifs is 2. The Morgan fingerprint density at radius 1 is 1.16 bits per heavy atom. The van der Waals surface area contributed by atoms with Crippen molar-refractivity contribution in [2.45, 2.75) is 20.4 Å². The average Bonchev–Trinajstić information content (AvgIpc) is 2.93. The lowest BCUT2D eigenvalue weighted by Gasteiger charge is -2.02. The molecule has 0 saturated heterocycles. The Labute approximate surface area is 117 Å². The summed E-state index contributed by atoms with van der Waals surface area (Å²) in [6.07, 6.45) is 1.56. The number of isocyanates is 1. The minimum Gasteiger partial charge on any atom is -0.461 e. The van der Waals surface area contributed by atoms with Crippen LogP contribution in [0, 0.1) is 13.8 Å². The highest BCUT2D eigenvalue weighted by atomic mass is 79.9. The van der Waals surface area contributed by atoms with Crippen molar-refractivity contribution in [1.82, 2.24) is 0 Å². The van der Waals surface area contributed by atoms with Crippen LogP contribution in [-0.4, -0.2) is 6.08 Å². The zero-order valence-corrected chi connectivity index (χ0v) is 12.0. The van der Waals surface area contributed by atoms with Crippen molar-refractivity contribution in [3.8, 4) is 0 Å². The van der Waals surface area contributed by atoms with Crippen LogP contribution in [0.1, 0.15) is 17.1 Å². The van der Waals surface area contributed by atoms with E-state index in [1.54, 1.807) is 6.08 Å². The normalized spacial score (nSPS) is 11.1. The molecule has 0 aliphatic rings. The van der Waals surface area contributed by atoms with E-state index in [4.69, 9.17) is 8.83 Å². The van der Waals surface area contributed by atoms with Gasteiger partial charge in [-0.25, -0.2) is 9.79 Å². The van der Waals surface area contributed by atoms with Gasteiger partial charge in [-0.05, 0) is 41.9 Å². The third-order valence-electron chi connectivity index (χ3n) is 3.05. The van der Waals surface area contributed by atoms with Gasteiger partial charge in [0.05, 0.1) is 11.0 Å². The number of halogens is 1. The van der Waals surface area contributed by atoms with E-state index < -0.39 is 0 Å². The summed E-state index contributed by atoms with van der Waals surface area (Å²) in [6, 6.07) is 3.86. The van der Waals surface area contributed by atoms with Crippen molar-refractivity contribution in [1.29, 1.82) is 0 Å². The number of carbonyl (C=O) groups excluding carboxylic acids is 1. The highest BCUT2D eigenvalue weighted by Crippen LogP contribution is 2.39. The standard InChI is InChI=1S/C14H10BrNO3/c1-7-3-9-11(5-16-6-17)13-10(4-8(2)18-13)12(15)14(9)19-7/h3-4H,5H2,1-2H3. The summed E-state index contributed by atoms with van der Waals surface area (Å²) < 4.78 is 12.3. The molecule has 0 unspecified atom stereocenters. The predicted octanol–water partition coefficient (Wildman–Crippen LogP) is 4.39. The van der Waals surface area contributed by atoms with Gasteiger partial charge < -0.3 is 8.83 Å². The molecule has 0 atom stereocenters. The molecule has 5 heteroatoms. The van der Waals surface area contributed by atoms with Crippen LogP contribution in [-0.2, 0) is 11.3 Å². The maximum atomic E-state index is 10.4. The molecule has 0 amide bonds. The van der Waals surface area contributed by atoms with Crippen LogP contribution >= 0.6 is 15.9 Å². The molecule has 3 rings (SSSR count). The van der Waals surface area contributed by atoms with E-state index in [0.717, 1.165) is 43.5 Å².